The van der Waals surface area contributed by atoms with Crippen molar-refractivity contribution in [1.82, 2.24) is 20.7 Å². The maximum atomic E-state index is 13.6. The second kappa shape index (κ2) is 11.9. The molecule has 2 aromatic rings. The Bertz CT molecular complexity index is 943. The molecular formula is C25H32F2N4O3. The van der Waals surface area contributed by atoms with Gasteiger partial charge in [-0.2, -0.15) is 0 Å². The first-order valence-corrected chi connectivity index (χ1v) is 11.4. The summed E-state index contributed by atoms with van der Waals surface area (Å²) < 4.78 is 27.2. The van der Waals surface area contributed by atoms with Crippen LogP contribution in [0.1, 0.15) is 24.5 Å². The van der Waals surface area contributed by atoms with Crippen molar-refractivity contribution in [3.63, 3.8) is 0 Å². The predicted molar refractivity (Wildman–Crippen MR) is 125 cm³/mol. The van der Waals surface area contributed by atoms with Crippen molar-refractivity contribution >= 4 is 11.8 Å². The summed E-state index contributed by atoms with van der Waals surface area (Å²) in [6.45, 7) is 1.73. The molecule has 1 saturated heterocycles. The normalized spacial score (nSPS) is 19.2. The number of phenolic OH excluding ortho intramolecular Hbond substituents is 1. The van der Waals surface area contributed by atoms with E-state index in [4.69, 9.17) is 0 Å². The second-order valence-corrected chi connectivity index (χ2v) is 8.63. The molecule has 0 bridgehead atoms. The van der Waals surface area contributed by atoms with E-state index < -0.39 is 30.8 Å². The van der Waals surface area contributed by atoms with E-state index in [2.05, 4.69) is 10.7 Å². The molecule has 1 aliphatic rings. The van der Waals surface area contributed by atoms with Gasteiger partial charge in [-0.1, -0.05) is 42.5 Å². The molecule has 1 fully saturated rings. The van der Waals surface area contributed by atoms with Crippen LogP contribution in [0.15, 0.2) is 54.6 Å². The lowest BCUT2D eigenvalue weighted by molar-refractivity contribution is -0.145. The SMILES string of the molecule is CC1C(C(C(=O)NCc2ccccc2)N(CC(F)F)C(=O)CCc2ccc(O)cc2)CNN1C. The van der Waals surface area contributed by atoms with E-state index in [0.29, 0.717) is 13.0 Å². The number of benzene rings is 2. The first-order valence-electron chi connectivity index (χ1n) is 11.4. The monoisotopic (exact) mass is 474 g/mol. The molecule has 0 spiro atoms. The summed E-state index contributed by atoms with van der Waals surface area (Å²) in [7, 11) is 1.83. The third-order valence-corrected chi connectivity index (χ3v) is 6.35. The maximum Gasteiger partial charge on any atom is 0.255 e. The van der Waals surface area contributed by atoms with E-state index >= 15 is 0 Å². The molecule has 1 aliphatic heterocycles. The molecule has 3 unspecified atom stereocenters. The second-order valence-electron chi connectivity index (χ2n) is 8.63. The van der Waals surface area contributed by atoms with Gasteiger partial charge in [-0.05, 0) is 36.6 Å². The first-order chi connectivity index (χ1) is 16.3. The van der Waals surface area contributed by atoms with Gasteiger partial charge in [-0.15, -0.1) is 0 Å². The van der Waals surface area contributed by atoms with E-state index in [-0.39, 0.29) is 30.7 Å². The zero-order valence-electron chi connectivity index (χ0n) is 19.5. The lowest BCUT2D eigenvalue weighted by Crippen LogP contribution is -2.57. The highest BCUT2D eigenvalue weighted by Gasteiger charge is 2.43. The number of nitrogens with zero attached hydrogens (tertiary/aromatic N) is 2. The van der Waals surface area contributed by atoms with Gasteiger partial charge in [0.15, 0.2) is 0 Å². The van der Waals surface area contributed by atoms with Gasteiger partial charge in [0.1, 0.15) is 11.8 Å². The highest BCUT2D eigenvalue weighted by atomic mass is 19.3. The molecule has 184 valence electrons. The number of nitrogens with one attached hydrogen (secondary N) is 2. The van der Waals surface area contributed by atoms with Gasteiger partial charge in [-0.25, -0.2) is 13.8 Å². The van der Waals surface area contributed by atoms with Gasteiger partial charge < -0.3 is 15.3 Å². The van der Waals surface area contributed by atoms with Crippen molar-refractivity contribution in [2.45, 2.75) is 44.8 Å². The van der Waals surface area contributed by atoms with Crippen LogP contribution < -0.4 is 10.7 Å². The number of carbonyl (C=O) groups is 2. The highest BCUT2D eigenvalue weighted by molar-refractivity contribution is 5.88. The van der Waals surface area contributed by atoms with Crippen LogP contribution in [0.4, 0.5) is 8.78 Å². The van der Waals surface area contributed by atoms with Crippen molar-refractivity contribution in [3.8, 4) is 5.75 Å². The average Bonchev–Trinajstić information content (AvgIpc) is 3.15. The van der Waals surface area contributed by atoms with Gasteiger partial charge >= 0.3 is 0 Å². The third kappa shape index (κ3) is 6.74. The Kier molecular flexibility index (Phi) is 8.95. The minimum Gasteiger partial charge on any atom is -0.508 e. The Labute approximate surface area is 198 Å². The summed E-state index contributed by atoms with van der Waals surface area (Å²) in [6, 6.07) is 14.5. The van der Waals surface area contributed by atoms with Crippen LogP contribution in [-0.2, 0) is 22.6 Å². The fraction of sp³-hybridized carbons (Fsp3) is 0.440. The van der Waals surface area contributed by atoms with Gasteiger partial charge in [0.2, 0.25) is 11.8 Å². The predicted octanol–water partition coefficient (Wildman–Crippen LogP) is 2.56. The molecule has 0 aliphatic carbocycles. The van der Waals surface area contributed by atoms with Crippen LogP contribution in [0.3, 0.4) is 0 Å². The van der Waals surface area contributed by atoms with E-state index in [1.807, 2.05) is 49.3 Å². The van der Waals surface area contributed by atoms with Crippen molar-refractivity contribution in [2.24, 2.45) is 5.92 Å². The zero-order chi connectivity index (χ0) is 24.7. The van der Waals surface area contributed by atoms with Gasteiger partial charge in [0.05, 0.1) is 6.54 Å². The topological polar surface area (TPSA) is 84.9 Å². The van der Waals surface area contributed by atoms with Crippen molar-refractivity contribution in [2.75, 3.05) is 20.1 Å². The molecule has 0 saturated carbocycles. The molecule has 7 nitrogen and oxygen atoms in total. The number of aryl methyl sites for hydroxylation is 1. The summed E-state index contributed by atoms with van der Waals surface area (Å²) in [4.78, 5) is 27.6. The number of rotatable bonds is 10. The summed E-state index contributed by atoms with van der Waals surface area (Å²) in [5.41, 5.74) is 4.82. The van der Waals surface area contributed by atoms with Crippen LogP contribution in [0.5, 0.6) is 5.75 Å². The lowest BCUT2D eigenvalue weighted by atomic mass is 9.91. The molecule has 3 rings (SSSR count). The fourth-order valence-electron chi connectivity index (χ4n) is 4.26. The molecule has 0 radical (unpaired) electrons. The summed E-state index contributed by atoms with van der Waals surface area (Å²) in [5, 5.41) is 14.1. The Balaban J connectivity index is 1.81. The Hall–Kier alpha value is -3.04. The van der Waals surface area contributed by atoms with Crippen LogP contribution in [0, 0.1) is 5.92 Å². The quantitative estimate of drug-likeness (QED) is 0.493. The van der Waals surface area contributed by atoms with Crippen LogP contribution in [0.25, 0.3) is 0 Å². The van der Waals surface area contributed by atoms with Gasteiger partial charge in [0, 0.05) is 38.5 Å². The number of halogens is 2. The number of hydrogen-bond donors (Lipinski definition) is 3. The van der Waals surface area contributed by atoms with Crippen LogP contribution in [0.2, 0.25) is 0 Å². The summed E-state index contributed by atoms with van der Waals surface area (Å²) in [6.07, 6.45) is -2.48. The largest absolute Gasteiger partial charge is 0.508 e. The molecule has 2 amide bonds. The molecule has 0 aromatic heterocycles. The number of phenols is 1. The number of hydrogen-bond acceptors (Lipinski definition) is 5. The van der Waals surface area contributed by atoms with E-state index in [9.17, 15) is 23.5 Å². The smallest absolute Gasteiger partial charge is 0.255 e. The molecule has 9 heteroatoms. The Morgan fingerprint density at radius 1 is 1.15 bits per heavy atom. The van der Waals surface area contributed by atoms with Crippen LogP contribution in [-0.4, -0.2) is 65.5 Å². The standard InChI is InChI=1S/C25H32F2N4O3/c1-17-21(15-29-30(17)2)24(25(34)28-14-19-6-4-3-5-7-19)31(16-22(26)27)23(33)13-10-18-8-11-20(32)12-9-18/h3-9,11-12,17,21-22,24,29,32H,10,13-16H2,1-2H3,(H,28,34). The maximum absolute atomic E-state index is 13.6. The minimum atomic E-state index is -2.77. The summed E-state index contributed by atoms with van der Waals surface area (Å²) in [5.74, 6) is -1.21. The highest BCUT2D eigenvalue weighted by Crippen LogP contribution is 2.25. The molecule has 2 aromatic carbocycles. The van der Waals surface area contributed by atoms with Crippen molar-refractivity contribution < 1.29 is 23.5 Å². The molecule has 1 heterocycles. The molecular weight excluding hydrogens is 442 g/mol. The van der Waals surface area contributed by atoms with Crippen molar-refractivity contribution in [1.29, 1.82) is 0 Å². The van der Waals surface area contributed by atoms with Crippen molar-refractivity contribution in [3.05, 3.63) is 65.7 Å². The van der Waals surface area contributed by atoms with Crippen LogP contribution >= 0.6 is 0 Å². The fourth-order valence-corrected chi connectivity index (χ4v) is 4.26. The van der Waals surface area contributed by atoms with E-state index in [1.54, 1.807) is 12.1 Å². The van der Waals surface area contributed by atoms with Gasteiger partial charge in [-0.3, -0.25) is 15.0 Å². The molecule has 34 heavy (non-hydrogen) atoms. The van der Waals surface area contributed by atoms with E-state index in [1.165, 1.54) is 12.1 Å². The first kappa shape index (κ1) is 25.6. The Morgan fingerprint density at radius 2 is 1.82 bits per heavy atom. The zero-order valence-corrected chi connectivity index (χ0v) is 19.5. The number of amides is 2. The number of carbonyl (C=O) groups excluding carboxylic acids is 2. The van der Waals surface area contributed by atoms with E-state index in [0.717, 1.165) is 16.0 Å². The number of hydrazine groups is 1. The number of aromatic hydroxyl groups is 1. The summed E-state index contributed by atoms with van der Waals surface area (Å²) >= 11 is 0. The lowest BCUT2D eigenvalue weighted by Gasteiger charge is -2.36. The van der Waals surface area contributed by atoms with Gasteiger partial charge in [0.25, 0.3) is 6.43 Å². The Morgan fingerprint density at radius 3 is 2.41 bits per heavy atom. The molecule has 3 N–H and O–H groups in total. The minimum absolute atomic E-state index is 0.0235. The average molecular weight is 475 g/mol. The third-order valence-electron chi connectivity index (χ3n) is 6.35. The molecule has 3 atom stereocenters. The number of alkyl halides is 2.